The fraction of sp³-hybridized carbons (Fsp3) is 0.125. The molecule has 0 aromatic heterocycles. The Balaban J connectivity index is 0.00000208. The Morgan fingerprint density at radius 1 is 1.25 bits per heavy atom. The van der Waals surface area contributed by atoms with E-state index in [-0.39, 0.29) is 18.1 Å². The number of amidine groups is 1. The van der Waals surface area contributed by atoms with E-state index in [0.717, 1.165) is 22.9 Å². The van der Waals surface area contributed by atoms with E-state index in [1.807, 2.05) is 31.2 Å². The zero-order valence-corrected chi connectivity index (χ0v) is 13.7. The van der Waals surface area contributed by atoms with Crippen LogP contribution in [0.1, 0.15) is 13.3 Å². The molecule has 0 aliphatic carbocycles. The highest BCUT2D eigenvalue weighted by Crippen LogP contribution is 2.23. The first-order valence-electron chi connectivity index (χ1n) is 7.17. The summed E-state index contributed by atoms with van der Waals surface area (Å²) in [5.41, 5.74) is 6.65. The Morgan fingerprint density at radius 3 is 2.62 bits per heavy atom. The van der Waals surface area contributed by atoms with Crippen LogP contribution >= 0.6 is 0 Å². The zero-order valence-electron chi connectivity index (χ0n) is 12.9. The number of hydrogen-bond donors (Lipinski definition) is 2. The molecule has 0 saturated carbocycles. The molecule has 124 valence electrons. The van der Waals surface area contributed by atoms with Crippen molar-refractivity contribution in [3.63, 3.8) is 0 Å². The Labute approximate surface area is 145 Å². The summed E-state index contributed by atoms with van der Waals surface area (Å²) >= 11 is 0. The number of nitrogens with one attached hydrogen (secondary N) is 1. The van der Waals surface area contributed by atoms with Gasteiger partial charge in [-0.1, -0.05) is 12.1 Å². The molecular formula is C16H16ClN5O2. The average molecular weight is 346 g/mol. The van der Waals surface area contributed by atoms with Gasteiger partial charge >= 0.3 is 0 Å². The molecule has 7 nitrogen and oxygen atoms in total. The average Bonchev–Trinajstić information content (AvgIpc) is 2.95. The molecule has 3 N–H and O–H groups in total. The predicted molar refractivity (Wildman–Crippen MR) is 89.6 cm³/mol. The molecule has 24 heavy (non-hydrogen) atoms. The molecule has 0 saturated heterocycles. The van der Waals surface area contributed by atoms with Crippen molar-refractivity contribution in [2.45, 2.75) is 13.3 Å². The summed E-state index contributed by atoms with van der Waals surface area (Å²) in [7, 11) is 0. The van der Waals surface area contributed by atoms with Crippen molar-refractivity contribution in [3.8, 4) is 0 Å². The Hall–Kier alpha value is -2.77. The van der Waals surface area contributed by atoms with Crippen LogP contribution < -0.4 is 23.1 Å². The first-order valence-corrected chi connectivity index (χ1v) is 7.17. The smallest absolute Gasteiger partial charge is 0.269 e. The Kier molecular flexibility index (Phi) is 5.62. The molecule has 0 atom stereocenters. The van der Waals surface area contributed by atoms with E-state index in [0.29, 0.717) is 12.1 Å². The van der Waals surface area contributed by atoms with Crippen molar-refractivity contribution in [1.82, 2.24) is 0 Å². The standard InChI is InChI=1S/C16H15N5O2.ClH/c1-11(10-16-17-14-4-2-3-5-15(14)18-16)19-20-12-6-8-13(9-7-12)21(22)23;/h2-9,20H,10H2,1H3,(H,17,18);1H/b19-11-;. The summed E-state index contributed by atoms with van der Waals surface area (Å²) in [5.74, 6) is 0.970. The topological polar surface area (TPSA) is 96.5 Å². The number of quaternary nitrogens is 1. The number of halogens is 1. The highest BCUT2D eigenvalue weighted by atomic mass is 35.5. The molecule has 1 aliphatic rings. The number of nitrogens with zero attached hydrogens (tertiary/aromatic N) is 3. The molecule has 0 bridgehead atoms. The van der Waals surface area contributed by atoms with E-state index >= 15 is 0 Å². The normalized spacial score (nSPS) is 12.9. The number of nitrogens with two attached hydrogens (primary N) is 1. The number of para-hydroxylation sites is 2. The molecular weight excluding hydrogens is 330 g/mol. The lowest BCUT2D eigenvalue weighted by Crippen LogP contribution is -3.00. The number of hydrazone groups is 1. The molecule has 8 heteroatoms. The lowest BCUT2D eigenvalue weighted by Gasteiger charge is -2.02. The third-order valence-corrected chi connectivity index (χ3v) is 3.41. The fourth-order valence-corrected chi connectivity index (χ4v) is 2.29. The first kappa shape index (κ1) is 17.6. The van der Waals surface area contributed by atoms with E-state index in [1.54, 1.807) is 12.1 Å². The summed E-state index contributed by atoms with van der Waals surface area (Å²) in [6.07, 6.45) is 0.647. The Morgan fingerprint density at radius 2 is 1.96 bits per heavy atom. The summed E-state index contributed by atoms with van der Waals surface area (Å²) in [6, 6.07) is 14.1. The summed E-state index contributed by atoms with van der Waals surface area (Å²) in [5, 5.41) is 17.0. The maximum atomic E-state index is 10.6. The zero-order chi connectivity index (χ0) is 16.2. The number of nitro groups is 1. The number of aliphatic imine (C=N–C) groups is 1. The number of hydrogen-bond acceptors (Lipinski definition) is 5. The van der Waals surface area contributed by atoms with Gasteiger partial charge in [-0.05, 0) is 25.1 Å². The molecule has 3 rings (SSSR count). The van der Waals surface area contributed by atoms with Gasteiger partial charge < -0.3 is 12.4 Å². The van der Waals surface area contributed by atoms with Gasteiger partial charge in [0.25, 0.3) is 5.69 Å². The molecule has 2 aromatic carbocycles. The van der Waals surface area contributed by atoms with E-state index in [4.69, 9.17) is 0 Å². The number of non-ortho nitro benzene ring substituents is 1. The van der Waals surface area contributed by atoms with E-state index in [2.05, 4.69) is 20.8 Å². The largest absolute Gasteiger partial charge is 1.00 e. The summed E-state index contributed by atoms with van der Waals surface area (Å²) < 4.78 is 0. The molecule has 0 spiro atoms. The first-order chi connectivity index (χ1) is 11.1. The molecule has 0 amide bonds. The predicted octanol–water partition coefficient (Wildman–Crippen LogP) is -0.285. The molecule has 1 heterocycles. The van der Waals surface area contributed by atoms with E-state index in [1.165, 1.54) is 12.1 Å². The maximum Gasteiger partial charge on any atom is 0.269 e. The quantitative estimate of drug-likeness (QED) is 0.337. The van der Waals surface area contributed by atoms with Crippen LogP contribution in [0.3, 0.4) is 0 Å². The van der Waals surface area contributed by atoms with Gasteiger partial charge in [-0.15, -0.1) is 0 Å². The third-order valence-electron chi connectivity index (χ3n) is 3.41. The fourth-order valence-electron chi connectivity index (χ4n) is 2.29. The van der Waals surface area contributed by atoms with Crippen LogP contribution in [0.5, 0.6) is 0 Å². The highest BCUT2D eigenvalue weighted by molar-refractivity contribution is 6.01. The van der Waals surface area contributed by atoms with Gasteiger partial charge in [0, 0.05) is 23.9 Å². The van der Waals surface area contributed by atoms with Crippen LogP contribution in [0.15, 0.2) is 58.6 Å². The highest BCUT2D eigenvalue weighted by Gasteiger charge is 2.18. The summed E-state index contributed by atoms with van der Waals surface area (Å²) in [4.78, 5) is 14.7. The number of fused-ring (bicyclic) bond motifs is 1. The monoisotopic (exact) mass is 345 g/mol. The molecule has 0 radical (unpaired) electrons. The van der Waals surface area contributed by atoms with Crippen LogP contribution in [-0.2, 0) is 0 Å². The van der Waals surface area contributed by atoms with Crippen LogP contribution in [-0.4, -0.2) is 16.5 Å². The van der Waals surface area contributed by atoms with Crippen LogP contribution in [0, 0.1) is 10.1 Å². The van der Waals surface area contributed by atoms with Crippen LogP contribution in [0.25, 0.3) is 0 Å². The maximum absolute atomic E-state index is 10.6. The minimum atomic E-state index is -0.427. The van der Waals surface area contributed by atoms with Crippen molar-refractivity contribution in [2.75, 3.05) is 5.43 Å². The lowest BCUT2D eigenvalue weighted by molar-refractivity contribution is -0.440. The van der Waals surface area contributed by atoms with Crippen molar-refractivity contribution >= 4 is 34.3 Å². The molecule has 1 aliphatic heterocycles. The van der Waals surface area contributed by atoms with Gasteiger partial charge in [-0.25, -0.2) is 0 Å². The van der Waals surface area contributed by atoms with Crippen molar-refractivity contribution in [3.05, 3.63) is 58.6 Å². The SMILES string of the molecule is C/C(CC1=Nc2ccccc2[NH2+]1)=N/Nc1ccc([N+](=O)[O-])cc1.[Cl-]. The van der Waals surface area contributed by atoms with Gasteiger partial charge in [0.15, 0.2) is 5.69 Å². The molecule has 0 fully saturated rings. The van der Waals surface area contributed by atoms with Crippen LogP contribution in [0.4, 0.5) is 22.7 Å². The second-order valence-corrected chi connectivity index (χ2v) is 5.25. The van der Waals surface area contributed by atoms with Crippen molar-refractivity contribution < 1.29 is 22.6 Å². The molecule has 0 unspecified atom stereocenters. The second-order valence-electron chi connectivity index (χ2n) is 5.25. The number of nitro benzene ring substituents is 1. The van der Waals surface area contributed by atoms with Crippen molar-refractivity contribution in [2.24, 2.45) is 10.1 Å². The second kappa shape index (κ2) is 7.67. The minimum absolute atomic E-state index is 0. The van der Waals surface area contributed by atoms with E-state index < -0.39 is 4.92 Å². The van der Waals surface area contributed by atoms with Gasteiger partial charge in [0.2, 0.25) is 5.84 Å². The van der Waals surface area contributed by atoms with E-state index in [9.17, 15) is 10.1 Å². The van der Waals surface area contributed by atoms with Gasteiger partial charge in [0.1, 0.15) is 5.69 Å². The van der Waals surface area contributed by atoms with Gasteiger partial charge in [0.05, 0.1) is 17.0 Å². The van der Waals surface area contributed by atoms with Crippen LogP contribution in [0.2, 0.25) is 0 Å². The van der Waals surface area contributed by atoms with Crippen molar-refractivity contribution in [1.29, 1.82) is 0 Å². The summed E-state index contributed by atoms with van der Waals surface area (Å²) in [6.45, 7) is 1.91. The third kappa shape index (κ3) is 4.15. The number of rotatable bonds is 5. The number of anilines is 1. The van der Waals surface area contributed by atoms with Gasteiger partial charge in [-0.2, -0.15) is 10.1 Å². The molecule has 2 aromatic rings. The minimum Gasteiger partial charge on any atom is -1.00 e. The van der Waals surface area contributed by atoms with Gasteiger partial charge in [-0.3, -0.25) is 20.9 Å². The Bertz CT molecular complexity index is 802. The number of benzene rings is 2. The lowest BCUT2D eigenvalue weighted by atomic mass is 10.2.